The van der Waals surface area contributed by atoms with Crippen molar-refractivity contribution in [3.8, 4) is 0 Å². The Morgan fingerprint density at radius 3 is 2.24 bits per heavy atom. The Labute approximate surface area is 203 Å². The SMILES string of the molecule is Cc1ccc(S(=O)(=O)N2CCCCC2)cc1NC(=O)CCNC(=O)C12CC3CC(CC(C3)C1)C2. The molecule has 0 spiro atoms. The van der Waals surface area contributed by atoms with E-state index in [-0.39, 0.29) is 28.5 Å². The molecule has 1 heterocycles. The van der Waals surface area contributed by atoms with Crippen molar-refractivity contribution in [1.82, 2.24) is 9.62 Å². The number of nitrogens with one attached hydrogen (secondary N) is 2. The largest absolute Gasteiger partial charge is 0.355 e. The topological polar surface area (TPSA) is 95.6 Å². The van der Waals surface area contributed by atoms with Crippen LogP contribution >= 0.6 is 0 Å². The summed E-state index contributed by atoms with van der Waals surface area (Å²) in [4.78, 5) is 25.9. The highest BCUT2D eigenvalue weighted by Gasteiger charge is 2.54. The van der Waals surface area contributed by atoms with Crippen molar-refractivity contribution >= 4 is 27.5 Å². The van der Waals surface area contributed by atoms with E-state index >= 15 is 0 Å². The van der Waals surface area contributed by atoms with Crippen molar-refractivity contribution in [1.29, 1.82) is 0 Å². The summed E-state index contributed by atoms with van der Waals surface area (Å²) in [5, 5.41) is 5.91. The number of sulfonamides is 1. The van der Waals surface area contributed by atoms with E-state index in [1.807, 2.05) is 6.92 Å². The predicted octanol–water partition coefficient (Wildman–Crippen LogP) is 3.83. The zero-order valence-corrected chi connectivity index (χ0v) is 21.0. The molecule has 2 amide bonds. The summed E-state index contributed by atoms with van der Waals surface area (Å²) in [5.74, 6) is 2.02. The summed E-state index contributed by atoms with van der Waals surface area (Å²) < 4.78 is 27.6. The third kappa shape index (κ3) is 4.63. The van der Waals surface area contributed by atoms with Crippen molar-refractivity contribution in [2.75, 3.05) is 25.0 Å². The highest BCUT2D eigenvalue weighted by molar-refractivity contribution is 7.89. The maximum atomic E-state index is 13.1. The lowest BCUT2D eigenvalue weighted by atomic mass is 9.49. The van der Waals surface area contributed by atoms with E-state index in [1.165, 1.54) is 23.6 Å². The van der Waals surface area contributed by atoms with Crippen molar-refractivity contribution < 1.29 is 18.0 Å². The summed E-state index contributed by atoms with van der Waals surface area (Å²) in [6.07, 6.45) is 9.88. The molecule has 4 bridgehead atoms. The van der Waals surface area contributed by atoms with Gasteiger partial charge in [0.25, 0.3) is 0 Å². The molecule has 4 saturated carbocycles. The van der Waals surface area contributed by atoms with Gasteiger partial charge in [0.1, 0.15) is 0 Å². The van der Waals surface area contributed by atoms with Gasteiger partial charge in [-0.1, -0.05) is 12.5 Å². The average molecular weight is 488 g/mol. The summed E-state index contributed by atoms with van der Waals surface area (Å²) in [7, 11) is -3.56. The Kier molecular flexibility index (Phi) is 6.48. The van der Waals surface area contributed by atoms with E-state index in [9.17, 15) is 18.0 Å². The number of hydrogen-bond donors (Lipinski definition) is 2. The Hall–Kier alpha value is -1.93. The highest BCUT2D eigenvalue weighted by atomic mass is 32.2. The number of rotatable bonds is 7. The first-order valence-electron chi connectivity index (χ1n) is 12.9. The molecule has 0 atom stereocenters. The molecule has 2 N–H and O–H groups in total. The van der Waals surface area contributed by atoms with Gasteiger partial charge in [-0.15, -0.1) is 0 Å². The second-order valence-electron chi connectivity index (χ2n) is 11.2. The van der Waals surface area contributed by atoms with Gasteiger partial charge in [0.15, 0.2) is 0 Å². The van der Waals surface area contributed by atoms with Crippen molar-refractivity contribution in [2.24, 2.45) is 23.2 Å². The normalized spacial score (nSPS) is 30.8. The Bertz CT molecular complexity index is 1030. The molecule has 0 aromatic heterocycles. The lowest BCUT2D eigenvalue weighted by Crippen LogP contribution is -2.53. The van der Waals surface area contributed by atoms with Gasteiger partial charge in [0, 0.05) is 37.2 Å². The van der Waals surface area contributed by atoms with E-state index in [4.69, 9.17) is 0 Å². The lowest BCUT2D eigenvalue weighted by molar-refractivity contribution is -0.146. The molecule has 0 radical (unpaired) electrons. The second kappa shape index (κ2) is 9.26. The summed E-state index contributed by atoms with van der Waals surface area (Å²) >= 11 is 0. The zero-order valence-electron chi connectivity index (χ0n) is 20.1. The monoisotopic (exact) mass is 487 g/mol. The van der Waals surface area contributed by atoms with Crippen LogP contribution in [-0.4, -0.2) is 44.2 Å². The van der Waals surface area contributed by atoms with Gasteiger partial charge in [0.2, 0.25) is 21.8 Å². The Morgan fingerprint density at radius 2 is 1.62 bits per heavy atom. The first-order chi connectivity index (χ1) is 16.2. The van der Waals surface area contributed by atoms with E-state index in [2.05, 4.69) is 10.6 Å². The maximum Gasteiger partial charge on any atom is 0.243 e. The van der Waals surface area contributed by atoms with E-state index in [0.29, 0.717) is 43.1 Å². The fourth-order valence-electron chi connectivity index (χ4n) is 7.23. The van der Waals surface area contributed by atoms with Crippen LogP contribution in [-0.2, 0) is 19.6 Å². The lowest BCUT2D eigenvalue weighted by Gasteiger charge is -2.55. The molecule has 8 heteroatoms. The van der Waals surface area contributed by atoms with Crippen LogP contribution in [0.4, 0.5) is 5.69 Å². The zero-order chi connectivity index (χ0) is 23.9. The number of amides is 2. The van der Waals surface area contributed by atoms with Crippen LogP contribution in [0.1, 0.15) is 69.8 Å². The van der Waals surface area contributed by atoms with Crippen molar-refractivity contribution in [3.63, 3.8) is 0 Å². The summed E-state index contributed by atoms with van der Waals surface area (Å²) in [6.45, 7) is 3.24. The van der Waals surface area contributed by atoms with Crippen LogP contribution < -0.4 is 10.6 Å². The number of nitrogens with zero attached hydrogens (tertiary/aromatic N) is 1. The Morgan fingerprint density at radius 1 is 1.00 bits per heavy atom. The molecule has 1 aliphatic heterocycles. The first kappa shape index (κ1) is 23.8. The maximum absolute atomic E-state index is 13.1. The number of carbonyl (C=O) groups is 2. The van der Waals surface area contributed by atoms with Crippen LogP contribution in [0.2, 0.25) is 0 Å². The summed E-state index contributed by atoms with van der Waals surface area (Å²) in [6, 6.07) is 4.91. The molecule has 4 aliphatic carbocycles. The van der Waals surface area contributed by atoms with Gasteiger partial charge in [-0.05, 0) is 93.7 Å². The molecule has 5 aliphatic rings. The minimum Gasteiger partial charge on any atom is -0.355 e. The van der Waals surface area contributed by atoms with Crippen LogP contribution in [0.25, 0.3) is 0 Å². The predicted molar refractivity (Wildman–Crippen MR) is 131 cm³/mol. The number of benzene rings is 1. The van der Waals surface area contributed by atoms with Crippen LogP contribution in [0.3, 0.4) is 0 Å². The molecule has 34 heavy (non-hydrogen) atoms. The molecule has 7 nitrogen and oxygen atoms in total. The minimum absolute atomic E-state index is 0.130. The van der Waals surface area contributed by atoms with Crippen molar-refractivity contribution in [3.05, 3.63) is 23.8 Å². The van der Waals surface area contributed by atoms with Gasteiger partial charge in [-0.3, -0.25) is 9.59 Å². The van der Waals surface area contributed by atoms with E-state index in [0.717, 1.165) is 44.1 Å². The molecule has 5 fully saturated rings. The number of piperidine rings is 1. The molecule has 1 aromatic rings. The molecule has 1 aromatic carbocycles. The third-order valence-electron chi connectivity index (χ3n) is 8.59. The molecular weight excluding hydrogens is 450 g/mol. The second-order valence-corrected chi connectivity index (χ2v) is 13.1. The molecule has 1 saturated heterocycles. The van der Waals surface area contributed by atoms with E-state index < -0.39 is 10.0 Å². The quantitative estimate of drug-likeness (QED) is 0.611. The van der Waals surface area contributed by atoms with Gasteiger partial charge >= 0.3 is 0 Å². The first-order valence-corrected chi connectivity index (χ1v) is 14.4. The van der Waals surface area contributed by atoms with Gasteiger partial charge < -0.3 is 10.6 Å². The number of aryl methyl sites for hydroxylation is 1. The smallest absolute Gasteiger partial charge is 0.243 e. The number of anilines is 1. The Balaban J connectivity index is 1.17. The number of hydrogen-bond acceptors (Lipinski definition) is 4. The van der Waals surface area contributed by atoms with Crippen molar-refractivity contribution in [2.45, 2.75) is 76.0 Å². The van der Waals surface area contributed by atoms with Gasteiger partial charge in [-0.25, -0.2) is 8.42 Å². The fraction of sp³-hybridized carbons (Fsp3) is 0.692. The minimum atomic E-state index is -3.56. The van der Waals surface area contributed by atoms with Gasteiger partial charge in [0.05, 0.1) is 4.90 Å². The highest BCUT2D eigenvalue weighted by Crippen LogP contribution is 2.60. The standard InChI is InChI=1S/C26H37N3O4S/c1-18-5-6-22(34(32,33)29-9-3-2-4-10-29)14-23(18)28-24(30)7-8-27-25(31)26-15-19-11-20(16-26)13-21(12-19)17-26/h5-6,14,19-21H,2-4,7-13,15-17H2,1H3,(H,27,31)(H,28,30). The van der Waals surface area contributed by atoms with E-state index in [1.54, 1.807) is 18.2 Å². The third-order valence-corrected chi connectivity index (χ3v) is 10.5. The average Bonchev–Trinajstić information content (AvgIpc) is 2.80. The van der Waals surface area contributed by atoms with Crippen LogP contribution in [0, 0.1) is 30.1 Å². The fourth-order valence-corrected chi connectivity index (χ4v) is 8.77. The van der Waals surface area contributed by atoms with Crippen LogP contribution in [0.15, 0.2) is 23.1 Å². The molecular formula is C26H37N3O4S. The molecule has 6 rings (SSSR count). The van der Waals surface area contributed by atoms with Gasteiger partial charge in [-0.2, -0.15) is 4.31 Å². The number of carbonyl (C=O) groups excluding carboxylic acids is 2. The molecule has 186 valence electrons. The molecule has 0 unspecified atom stereocenters. The summed E-state index contributed by atoms with van der Waals surface area (Å²) in [5.41, 5.74) is 1.11. The van der Waals surface area contributed by atoms with Crippen LogP contribution in [0.5, 0.6) is 0 Å².